The molecule has 0 radical (unpaired) electrons. The molecule has 0 fully saturated rings. The van der Waals surface area contributed by atoms with Gasteiger partial charge in [0.1, 0.15) is 11.6 Å². The first-order valence-corrected chi connectivity index (χ1v) is 10.1. The van der Waals surface area contributed by atoms with E-state index in [4.69, 9.17) is 10.5 Å². The molecule has 3 N–H and O–H groups in total. The van der Waals surface area contributed by atoms with E-state index in [2.05, 4.69) is 5.32 Å². The monoisotopic (exact) mass is 432 g/mol. The minimum absolute atomic E-state index is 0.252. The van der Waals surface area contributed by atoms with Crippen LogP contribution in [0.4, 0.5) is 4.39 Å². The van der Waals surface area contributed by atoms with Crippen LogP contribution in [0.1, 0.15) is 34.3 Å². The summed E-state index contributed by atoms with van der Waals surface area (Å²) in [5.74, 6) is -2.03. The fraction of sp³-hybridized carbons (Fsp3) is 0.160. The molecule has 1 aliphatic carbocycles. The Bertz CT molecular complexity index is 1210. The number of nitrogens with one attached hydrogen (secondary N) is 1. The van der Waals surface area contributed by atoms with Gasteiger partial charge in [0.15, 0.2) is 0 Å². The normalized spacial score (nSPS) is 16.8. The van der Waals surface area contributed by atoms with Crippen LogP contribution in [0.3, 0.4) is 0 Å². The van der Waals surface area contributed by atoms with Gasteiger partial charge in [-0.1, -0.05) is 36.4 Å². The largest absolute Gasteiger partial charge is 0.423 e. The van der Waals surface area contributed by atoms with Gasteiger partial charge in [-0.15, -0.1) is 0 Å². The number of nitrogens with two attached hydrogens (primary N) is 1. The highest BCUT2D eigenvalue weighted by molar-refractivity contribution is 5.98. The molecule has 32 heavy (non-hydrogen) atoms. The Kier molecular flexibility index (Phi) is 5.73. The molecule has 4 rings (SSSR count). The molecule has 0 aliphatic heterocycles. The van der Waals surface area contributed by atoms with E-state index in [-0.39, 0.29) is 11.7 Å². The predicted octanol–water partition coefficient (Wildman–Crippen LogP) is 3.34. The van der Waals surface area contributed by atoms with Gasteiger partial charge in [-0.2, -0.15) is 0 Å². The second-order valence-electron chi connectivity index (χ2n) is 7.69. The van der Waals surface area contributed by atoms with Gasteiger partial charge in [-0.25, -0.2) is 9.18 Å². The summed E-state index contributed by atoms with van der Waals surface area (Å²) in [6, 6.07) is 17.3. The number of halogens is 1. The second kappa shape index (κ2) is 8.63. The number of hydrogen-bond donors (Lipinski definition) is 2. The van der Waals surface area contributed by atoms with Crippen LogP contribution in [0, 0.1) is 5.82 Å². The zero-order valence-corrected chi connectivity index (χ0v) is 17.3. The number of ether oxygens (including phenoxy) is 1. The first-order chi connectivity index (χ1) is 15.3. The van der Waals surface area contributed by atoms with Gasteiger partial charge in [0, 0.05) is 13.0 Å². The zero-order valence-electron chi connectivity index (χ0n) is 17.3. The lowest BCUT2D eigenvalue weighted by atomic mass is 9.97. The Balaban J connectivity index is 1.60. The van der Waals surface area contributed by atoms with Gasteiger partial charge < -0.3 is 15.8 Å². The predicted molar refractivity (Wildman–Crippen MR) is 116 cm³/mol. The quantitative estimate of drug-likeness (QED) is 0.477. The van der Waals surface area contributed by atoms with Crippen LogP contribution >= 0.6 is 0 Å². The maximum atomic E-state index is 13.3. The molecule has 0 aromatic heterocycles. The number of esters is 1. The van der Waals surface area contributed by atoms with Crippen LogP contribution in [0.15, 0.2) is 66.7 Å². The number of benzene rings is 3. The van der Waals surface area contributed by atoms with Gasteiger partial charge in [0.2, 0.25) is 11.8 Å². The number of amides is 2. The van der Waals surface area contributed by atoms with E-state index in [1.165, 1.54) is 19.1 Å². The van der Waals surface area contributed by atoms with E-state index >= 15 is 0 Å². The Morgan fingerprint density at radius 3 is 2.44 bits per heavy atom. The first kappa shape index (κ1) is 21.2. The highest BCUT2D eigenvalue weighted by Crippen LogP contribution is 2.36. The maximum Gasteiger partial charge on any atom is 0.344 e. The van der Waals surface area contributed by atoms with Crippen molar-refractivity contribution in [2.24, 2.45) is 5.73 Å². The Labute approximate surface area is 184 Å². The van der Waals surface area contributed by atoms with Crippen molar-refractivity contribution in [3.05, 3.63) is 89.2 Å². The van der Waals surface area contributed by atoms with Crippen molar-refractivity contribution in [1.29, 1.82) is 0 Å². The number of fused-ring (bicyclic) bond motifs is 1. The molecule has 2 unspecified atom stereocenters. The molecule has 0 heterocycles. The average molecular weight is 432 g/mol. The molecule has 0 bridgehead atoms. The number of primary amides is 1. The Hall–Kier alpha value is -4.00. The fourth-order valence-electron chi connectivity index (χ4n) is 4.15. The van der Waals surface area contributed by atoms with E-state index in [9.17, 15) is 18.8 Å². The summed E-state index contributed by atoms with van der Waals surface area (Å²) < 4.78 is 18.9. The number of rotatable bonds is 5. The van der Waals surface area contributed by atoms with Crippen LogP contribution in [0.5, 0.6) is 5.75 Å². The molecule has 0 saturated carbocycles. The highest BCUT2D eigenvalue weighted by atomic mass is 19.1. The van der Waals surface area contributed by atoms with Crippen molar-refractivity contribution in [2.75, 3.05) is 0 Å². The Morgan fingerprint density at radius 1 is 1.03 bits per heavy atom. The third-order valence-electron chi connectivity index (χ3n) is 5.50. The number of carbonyl (C=O) groups is 3. The highest BCUT2D eigenvalue weighted by Gasteiger charge is 2.37. The summed E-state index contributed by atoms with van der Waals surface area (Å²) in [4.78, 5) is 36.4. The van der Waals surface area contributed by atoms with E-state index in [1.54, 1.807) is 54.6 Å². The summed E-state index contributed by atoms with van der Waals surface area (Å²) in [5.41, 5.74) is 8.70. The molecule has 0 spiro atoms. The minimum atomic E-state index is -0.641. The molecule has 2 amide bonds. The lowest BCUT2D eigenvalue weighted by molar-refractivity contribution is -0.121. The van der Waals surface area contributed by atoms with Crippen molar-refractivity contribution < 1.29 is 23.5 Å². The summed E-state index contributed by atoms with van der Waals surface area (Å²) in [6.45, 7) is 1.38. The molecule has 1 aliphatic rings. The van der Waals surface area contributed by atoms with Gasteiger partial charge in [0.25, 0.3) is 0 Å². The van der Waals surface area contributed by atoms with Crippen LogP contribution < -0.4 is 15.8 Å². The van der Waals surface area contributed by atoms with Crippen molar-refractivity contribution >= 4 is 17.8 Å². The van der Waals surface area contributed by atoms with E-state index in [0.29, 0.717) is 34.4 Å². The lowest BCUT2D eigenvalue weighted by Crippen LogP contribution is -2.41. The summed E-state index contributed by atoms with van der Waals surface area (Å²) in [5, 5.41) is 2.76. The number of hydrogen-bond acceptors (Lipinski definition) is 4. The molecule has 162 valence electrons. The molecule has 3 aromatic carbocycles. The summed E-state index contributed by atoms with van der Waals surface area (Å²) in [7, 11) is 0. The smallest absolute Gasteiger partial charge is 0.344 e. The van der Waals surface area contributed by atoms with Crippen LogP contribution in [-0.2, 0) is 16.0 Å². The van der Waals surface area contributed by atoms with E-state index in [1.807, 2.05) is 0 Å². The van der Waals surface area contributed by atoms with Crippen LogP contribution in [-0.4, -0.2) is 23.8 Å². The van der Waals surface area contributed by atoms with Crippen molar-refractivity contribution in [1.82, 2.24) is 5.32 Å². The second-order valence-corrected chi connectivity index (χ2v) is 7.69. The van der Waals surface area contributed by atoms with Gasteiger partial charge in [0.05, 0.1) is 11.5 Å². The maximum absolute atomic E-state index is 13.3. The van der Waals surface area contributed by atoms with Gasteiger partial charge in [-0.05, 0) is 59.0 Å². The molecule has 3 aromatic rings. The number of carbonyl (C=O) groups excluding carboxylic acids is 3. The first-order valence-electron chi connectivity index (χ1n) is 10.1. The fourth-order valence-corrected chi connectivity index (χ4v) is 4.15. The van der Waals surface area contributed by atoms with Crippen molar-refractivity contribution in [2.45, 2.75) is 25.3 Å². The molecule has 7 heteroatoms. The SMILES string of the molecule is CC(=O)NC1Cc2cc(OC(=O)c3ccccc3-c3ccc(F)cc3)ccc2C1C(N)=O. The summed E-state index contributed by atoms with van der Waals surface area (Å²) in [6.07, 6.45) is 0.403. The molecule has 6 nitrogen and oxygen atoms in total. The van der Waals surface area contributed by atoms with Gasteiger partial charge >= 0.3 is 5.97 Å². The average Bonchev–Trinajstić information content (AvgIpc) is 3.10. The third kappa shape index (κ3) is 4.23. The van der Waals surface area contributed by atoms with E-state index < -0.39 is 23.8 Å². The zero-order chi connectivity index (χ0) is 22.8. The molecular formula is C25H21FN2O4. The van der Waals surface area contributed by atoms with Crippen molar-refractivity contribution in [3.8, 4) is 16.9 Å². The summed E-state index contributed by atoms with van der Waals surface area (Å²) >= 11 is 0. The standard InChI is InChI=1S/C25H21FN2O4/c1-14(29)28-22-13-16-12-18(10-11-20(16)23(22)24(27)30)32-25(31)21-5-3-2-4-19(21)15-6-8-17(26)9-7-15/h2-12,22-23H,13H2,1H3,(H2,27,30)(H,28,29). The lowest BCUT2D eigenvalue weighted by Gasteiger charge is -2.17. The van der Waals surface area contributed by atoms with Crippen LogP contribution in [0.25, 0.3) is 11.1 Å². The topological polar surface area (TPSA) is 98.5 Å². The third-order valence-corrected chi connectivity index (χ3v) is 5.50. The van der Waals surface area contributed by atoms with Gasteiger partial charge in [-0.3, -0.25) is 9.59 Å². The van der Waals surface area contributed by atoms with E-state index in [0.717, 1.165) is 5.56 Å². The van der Waals surface area contributed by atoms with Crippen molar-refractivity contribution in [3.63, 3.8) is 0 Å². The molecule has 2 atom stereocenters. The minimum Gasteiger partial charge on any atom is -0.423 e. The van der Waals surface area contributed by atoms with Crippen LogP contribution in [0.2, 0.25) is 0 Å². The Morgan fingerprint density at radius 2 is 1.75 bits per heavy atom. The molecular weight excluding hydrogens is 411 g/mol. The molecule has 0 saturated heterocycles.